The van der Waals surface area contributed by atoms with E-state index in [1.54, 1.807) is 0 Å². The lowest BCUT2D eigenvalue weighted by Crippen LogP contribution is -2.14. The molecular formula is C27H20P-. The van der Waals surface area contributed by atoms with Gasteiger partial charge in [0.05, 0.1) is 0 Å². The van der Waals surface area contributed by atoms with Crippen molar-refractivity contribution in [2.45, 2.75) is 0 Å². The third kappa shape index (κ3) is 3.07. The van der Waals surface area contributed by atoms with Gasteiger partial charge in [-0.05, 0) is 23.8 Å². The fourth-order valence-corrected chi connectivity index (χ4v) is 6.34. The molecule has 0 aromatic heterocycles. The molecule has 0 heterocycles. The zero-order valence-corrected chi connectivity index (χ0v) is 16.4. The minimum atomic E-state index is -0.609. The summed E-state index contributed by atoms with van der Waals surface area (Å²) in [6, 6.07) is 21.8. The molecule has 3 aliphatic carbocycles. The molecular weight excluding hydrogens is 355 g/mol. The Bertz CT molecular complexity index is 1050. The van der Waals surface area contributed by atoms with E-state index in [0.717, 1.165) is 0 Å². The van der Waals surface area contributed by atoms with Crippen molar-refractivity contribution in [3.63, 3.8) is 0 Å². The molecule has 2 aromatic rings. The first-order valence-electron chi connectivity index (χ1n) is 9.56. The second kappa shape index (κ2) is 7.50. The first-order chi connectivity index (χ1) is 13.9. The van der Waals surface area contributed by atoms with Gasteiger partial charge in [-0.1, -0.05) is 96.0 Å². The van der Waals surface area contributed by atoms with Gasteiger partial charge < -0.3 is 0 Å². The number of fused-ring (bicyclic) bond motifs is 1. The molecule has 0 unspecified atom stereocenters. The maximum absolute atomic E-state index is 2.31. The lowest BCUT2D eigenvalue weighted by molar-refractivity contribution is 1.24. The molecule has 0 saturated heterocycles. The Labute approximate surface area is 168 Å². The molecule has 0 amide bonds. The molecule has 0 saturated carbocycles. The normalized spacial score (nSPS) is 19.8. The van der Waals surface area contributed by atoms with E-state index >= 15 is 0 Å². The third-order valence-electron chi connectivity index (χ3n) is 5.14. The van der Waals surface area contributed by atoms with Crippen LogP contribution >= 0.6 is 7.92 Å². The smallest absolute Gasteiger partial charge is 0.0156 e. The molecule has 5 rings (SSSR count). The van der Waals surface area contributed by atoms with Gasteiger partial charge in [0.25, 0.3) is 0 Å². The number of rotatable bonds is 3. The van der Waals surface area contributed by atoms with Gasteiger partial charge in [-0.25, -0.2) is 0 Å². The summed E-state index contributed by atoms with van der Waals surface area (Å²) in [5, 5.41) is 4.19. The molecule has 0 atom stereocenters. The molecule has 0 bridgehead atoms. The monoisotopic (exact) mass is 375 g/mol. The average Bonchev–Trinajstić information content (AvgIpc) is 3.24. The highest BCUT2D eigenvalue weighted by Crippen LogP contribution is 2.51. The van der Waals surface area contributed by atoms with Gasteiger partial charge in [0, 0.05) is 0 Å². The van der Waals surface area contributed by atoms with Crippen LogP contribution in [0.25, 0.3) is 0 Å². The van der Waals surface area contributed by atoms with Gasteiger partial charge in [0.1, 0.15) is 0 Å². The second-order valence-electron chi connectivity index (χ2n) is 6.86. The molecule has 0 radical (unpaired) electrons. The Morgan fingerprint density at radius 1 is 0.607 bits per heavy atom. The minimum Gasteiger partial charge on any atom is -0.117 e. The predicted octanol–water partition coefficient (Wildman–Crippen LogP) is 6.07. The molecule has 0 spiro atoms. The van der Waals surface area contributed by atoms with Crippen LogP contribution < -0.4 is 10.6 Å². The second-order valence-corrected chi connectivity index (χ2v) is 9.04. The van der Waals surface area contributed by atoms with Crippen LogP contribution in [0.3, 0.4) is 0 Å². The van der Waals surface area contributed by atoms with Crippen molar-refractivity contribution in [3.05, 3.63) is 149 Å². The van der Waals surface area contributed by atoms with Gasteiger partial charge in [-0.3, -0.25) is 0 Å². The van der Waals surface area contributed by atoms with Crippen molar-refractivity contribution in [3.8, 4) is 0 Å². The molecule has 0 fully saturated rings. The maximum Gasteiger partial charge on any atom is -0.0156 e. The fourth-order valence-electron chi connectivity index (χ4n) is 3.88. The van der Waals surface area contributed by atoms with E-state index in [1.165, 1.54) is 38.6 Å². The van der Waals surface area contributed by atoms with E-state index in [2.05, 4.69) is 121 Å². The molecule has 1 heteroatoms. The quantitative estimate of drug-likeness (QED) is 0.451. The Hall–Kier alpha value is -3.08. The maximum atomic E-state index is 2.31. The van der Waals surface area contributed by atoms with E-state index in [-0.39, 0.29) is 0 Å². The number of allylic oxidation sites excluding steroid dienone is 14. The SMILES string of the molecule is C1=CC2=CC=C/C(=C3/C=CC=C3P(c3ccccc3)c3ccccc3)[C-]2C=C1. The summed E-state index contributed by atoms with van der Waals surface area (Å²) < 4.78 is 0. The van der Waals surface area contributed by atoms with Crippen molar-refractivity contribution in [2.24, 2.45) is 0 Å². The topological polar surface area (TPSA) is 0 Å². The van der Waals surface area contributed by atoms with Gasteiger partial charge in [0.2, 0.25) is 0 Å². The molecule has 0 N–H and O–H groups in total. The fraction of sp³-hybridized carbons (Fsp3) is 0. The number of hydrogen-bond donors (Lipinski definition) is 0. The van der Waals surface area contributed by atoms with Gasteiger partial charge in [-0.2, -0.15) is 0 Å². The standard InChI is InChI=1S/C27H20P/c1-3-13-22(14-4-1)28(23-15-5-2-6-16-23)27-20-10-19-26(27)25-18-9-12-21-11-7-8-17-24(21)25/h1-20H/q-1/b26-25+. The van der Waals surface area contributed by atoms with E-state index in [9.17, 15) is 0 Å². The van der Waals surface area contributed by atoms with Crippen molar-refractivity contribution in [1.82, 2.24) is 0 Å². The summed E-state index contributed by atoms with van der Waals surface area (Å²) in [5.41, 5.74) is 3.95. The predicted molar refractivity (Wildman–Crippen MR) is 122 cm³/mol. The van der Waals surface area contributed by atoms with Crippen LogP contribution in [0.15, 0.2) is 143 Å². The van der Waals surface area contributed by atoms with Crippen molar-refractivity contribution in [1.29, 1.82) is 0 Å². The van der Waals surface area contributed by atoms with Crippen LogP contribution in [0.2, 0.25) is 0 Å². The summed E-state index contributed by atoms with van der Waals surface area (Å²) >= 11 is 0. The largest absolute Gasteiger partial charge is 0.117 e. The Kier molecular flexibility index (Phi) is 4.57. The Balaban J connectivity index is 1.64. The van der Waals surface area contributed by atoms with Crippen LogP contribution in [0.5, 0.6) is 0 Å². The summed E-state index contributed by atoms with van der Waals surface area (Å²) in [6.45, 7) is 0. The zero-order chi connectivity index (χ0) is 18.8. The van der Waals surface area contributed by atoms with Gasteiger partial charge in [-0.15, -0.1) is 48.1 Å². The first kappa shape index (κ1) is 17.0. The molecule has 28 heavy (non-hydrogen) atoms. The summed E-state index contributed by atoms with van der Waals surface area (Å²) in [5.74, 6) is 1.31. The molecule has 134 valence electrons. The van der Waals surface area contributed by atoms with Crippen molar-refractivity contribution in [2.75, 3.05) is 0 Å². The third-order valence-corrected chi connectivity index (χ3v) is 7.64. The lowest BCUT2D eigenvalue weighted by Gasteiger charge is -2.32. The van der Waals surface area contributed by atoms with Crippen LogP contribution in [-0.2, 0) is 0 Å². The Morgan fingerprint density at radius 3 is 2.00 bits per heavy atom. The van der Waals surface area contributed by atoms with E-state index in [1.807, 2.05) is 0 Å². The lowest BCUT2D eigenvalue weighted by atomic mass is 9.82. The van der Waals surface area contributed by atoms with E-state index in [0.29, 0.717) is 0 Å². The number of hydrogen-bond acceptors (Lipinski definition) is 0. The van der Waals surface area contributed by atoms with E-state index in [4.69, 9.17) is 0 Å². The minimum absolute atomic E-state index is 0.609. The first-order valence-corrected chi connectivity index (χ1v) is 10.9. The van der Waals surface area contributed by atoms with Crippen LogP contribution in [0.1, 0.15) is 0 Å². The van der Waals surface area contributed by atoms with Crippen LogP contribution in [-0.4, -0.2) is 0 Å². The average molecular weight is 375 g/mol. The van der Waals surface area contributed by atoms with E-state index < -0.39 is 7.92 Å². The van der Waals surface area contributed by atoms with Crippen molar-refractivity contribution >= 4 is 18.5 Å². The van der Waals surface area contributed by atoms with Gasteiger partial charge in [0.15, 0.2) is 0 Å². The van der Waals surface area contributed by atoms with Crippen LogP contribution in [0.4, 0.5) is 0 Å². The highest BCUT2D eigenvalue weighted by molar-refractivity contribution is 7.77. The molecule has 2 aromatic carbocycles. The highest BCUT2D eigenvalue weighted by Gasteiger charge is 2.24. The van der Waals surface area contributed by atoms with Gasteiger partial charge >= 0.3 is 0 Å². The summed E-state index contributed by atoms with van der Waals surface area (Å²) in [4.78, 5) is 0. The number of benzene rings is 2. The highest BCUT2D eigenvalue weighted by atomic mass is 31.1. The van der Waals surface area contributed by atoms with Crippen molar-refractivity contribution < 1.29 is 0 Å². The summed E-state index contributed by atoms with van der Waals surface area (Å²) in [6.07, 6.45) is 22.1. The Morgan fingerprint density at radius 2 is 1.29 bits per heavy atom. The summed E-state index contributed by atoms with van der Waals surface area (Å²) in [7, 11) is -0.609. The molecule has 3 aliphatic rings. The molecule has 0 nitrogen and oxygen atoms in total. The molecule has 0 aliphatic heterocycles. The zero-order valence-electron chi connectivity index (χ0n) is 15.5. The van der Waals surface area contributed by atoms with Crippen LogP contribution in [0, 0.1) is 5.92 Å².